The van der Waals surface area contributed by atoms with E-state index in [2.05, 4.69) is 5.32 Å². The van der Waals surface area contributed by atoms with Crippen LogP contribution in [0.25, 0.3) is 0 Å². The molecular formula is C21H20N2O4S2. The molecule has 8 heteroatoms. The number of aryl methyl sites for hydroxylation is 1. The van der Waals surface area contributed by atoms with E-state index < -0.39 is 12.0 Å². The molecule has 1 aromatic heterocycles. The van der Waals surface area contributed by atoms with Gasteiger partial charge >= 0.3 is 5.97 Å². The van der Waals surface area contributed by atoms with Crippen molar-refractivity contribution < 1.29 is 19.5 Å². The number of thioether (sulfide) groups is 1. The van der Waals surface area contributed by atoms with Gasteiger partial charge in [-0.2, -0.15) is 0 Å². The lowest BCUT2D eigenvalue weighted by Gasteiger charge is -2.49. The van der Waals surface area contributed by atoms with E-state index in [4.69, 9.17) is 0 Å². The van der Waals surface area contributed by atoms with Gasteiger partial charge < -0.3 is 10.4 Å². The van der Waals surface area contributed by atoms with Gasteiger partial charge in [0.05, 0.1) is 6.42 Å². The van der Waals surface area contributed by atoms with E-state index in [1.54, 1.807) is 0 Å². The first-order valence-corrected chi connectivity index (χ1v) is 11.2. The van der Waals surface area contributed by atoms with Crippen molar-refractivity contribution in [2.75, 3.05) is 5.75 Å². The number of aliphatic carboxylic acids is 1. The van der Waals surface area contributed by atoms with Gasteiger partial charge in [0.15, 0.2) is 0 Å². The van der Waals surface area contributed by atoms with Gasteiger partial charge in [-0.1, -0.05) is 36.4 Å². The van der Waals surface area contributed by atoms with Gasteiger partial charge in [-0.15, -0.1) is 23.1 Å². The zero-order valence-electron chi connectivity index (χ0n) is 15.5. The van der Waals surface area contributed by atoms with Crippen LogP contribution in [-0.2, 0) is 27.2 Å². The molecule has 150 valence electrons. The van der Waals surface area contributed by atoms with Crippen molar-refractivity contribution >= 4 is 40.9 Å². The summed E-state index contributed by atoms with van der Waals surface area (Å²) in [5.41, 5.74) is 1.98. The van der Waals surface area contributed by atoms with Crippen LogP contribution in [-0.4, -0.2) is 45.0 Å². The molecule has 0 radical (unpaired) electrons. The molecule has 0 bridgehead atoms. The number of nitrogens with one attached hydrogen (secondary N) is 1. The predicted octanol–water partition coefficient (Wildman–Crippen LogP) is 2.66. The smallest absolute Gasteiger partial charge is 0.352 e. The summed E-state index contributed by atoms with van der Waals surface area (Å²) < 4.78 is 0. The Morgan fingerprint density at radius 3 is 2.62 bits per heavy atom. The summed E-state index contributed by atoms with van der Waals surface area (Å²) in [5.74, 6) is -1.12. The number of carbonyl (C=O) groups is 3. The lowest BCUT2D eigenvalue weighted by atomic mass is 9.99. The molecule has 6 nitrogen and oxygen atoms in total. The third-order valence-electron chi connectivity index (χ3n) is 5.04. The second-order valence-electron chi connectivity index (χ2n) is 6.95. The number of carbonyl (C=O) groups excluding carboxylic acids is 2. The number of carboxylic acid groups (broad SMARTS) is 1. The standard InChI is InChI=1S/C21H20N2O4S2/c24-16(11-15-7-4-10-28-15)22-17-19(25)23-18(21(26)27)14(12-29-20(17)23)9-8-13-5-2-1-3-6-13/h1-7,10,17,20H,8-9,11-12H2,(H,22,24)(H,26,27)/t17?,20-/m1/s1. The highest BCUT2D eigenvalue weighted by Crippen LogP contribution is 2.41. The zero-order valence-corrected chi connectivity index (χ0v) is 17.2. The molecule has 2 amide bonds. The Labute approximate surface area is 176 Å². The van der Waals surface area contributed by atoms with Gasteiger partial charge in [-0.25, -0.2) is 4.79 Å². The van der Waals surface area contributed by atoms with Crippen LogP contribution in [0.2, 0.25) is 0 Å². The number of rotatable bonds is 7. The summed E-state index contributed by atoms with van der Waals surface area (Å²) >= 11 is 3.00. The van der Waals surface area contributed by atoms with E-state index >= 15 is 0 Å². The summed E-state index contributed by atoms with van der Waals surface area (Å²) in [6, 6.07) is 12.9. The second-order valence-corrected chi connectivity index (χ2v) is 9.09. The van der Waals surface area contributed by atoms with Crippen LogP contribution < -0.4 is 5.32 Å². The third-order valence-corrected chi connectivity index (χ3v) is 7.26. The van der Waals surface area contributed by atoms with Gasteiger partial charge in [0.25, 0.3) is 5.91 Å². The zero-order chi connectivity index (χ0) is 20.4. The Hall–Kier alpha value is -2.58. The largest absolute Gasteiger partial charge is 0.477 e. The lowest BCUT2D eigenvalue weighted by molar-refractivity contribution is -0.150. The van der Waals surface area contributed by atoms with E-state index in [0.717, 1.165) is 22.4 Å². The van der Waals surface area contributed by atoms with Crippen molar-refractivity contribution in [1.82, 2.24) is 10.2 Å². The maximum Gasteiger partial charge on any atom is 0.352 e. The molecule has 1 saturated heterocycles. The summed E-state index contributed by atoms with van der Waals surface area (Å²) in [5, 5.41) is 14.1. The average molecular weight is 429 g/mol. The highest BCUT2D eigenvalue weighted by Gasteiger charge is 2.54. The quantitative estimate of drug-likeness (QED) is 0.662. The number of benzene rings is 1. The number of fused-ring (bicyclic) bond motifs is 1. The summed E-state index contributed by atoms with van der Waals surface area (Å²) in [6.45, 7) is 0. The number of hydrogen-bond donors (Lipinski definition) is 2. The Kier molecular flexibility index (Phi) is 5.73. The van der Waals surface area contributed by atoms with E-state index in [-0.39, 0.29) is 29.3 Å². The van der Waals surface area contributed by atoms with Crippen molar-refractivity contribution in [3.05, 3.63) is 69.6 Å². The molecule has 1 aromatic carbocycles. The van der Waals surface area contributed by atoms with Crippen LogP contribution in [0.5, 0.6) is 0 Å². The van der Waals surface area contributed by atoms with Gasteiger partial charge in [-0.05, 0) is 35.4 Å². The Balaban J connectivity index is 1.44. The van der Waals surface area contributed by atoms with Crippen LogP contribution in [0.4, 0.5) is 0 Å². The first-order chi connectivity index (χ1) is 14.0. The topological polar surface area (TPSA) is 86.7 Å². The number of nitrogens with zero attached hydrogens (tertiary/aromatic N) is 1. The molecule has 1 unspecified atom stereocenters. The van der Waals surface area contributed by atoms with Crippen LogP contribution in [0.15, 0.2) is 59.1 Å². The molecule has 0 saturated carbocycles. The predicted molar refractivity (Wildman–Crippen MR) is 112 cm³/mol. The fourth-order valence-corrected chi connectivity index (χ4v) is 5.70. The highest BCUT2D eigenvalue weighted by molar-refractivity contribution is 8.00. The van der Waals surface area contributed by atoms with Crippen molar-refractivity contribution in [3.8, 4) is 0 Å². The summed E-state index contributed by atoms with van der Waals surface area (Å²) in [7, 11) is 0. The van der Waals surface area contributed by atoms with Crippen molar-refractivity contribution in [1.29, 1.82) is 0 Å². The van der Waals surface area contributed by atoms with Crippen molar-refractivity contribution in [2.24, 2.45) is 0 Å². The summed E-state index contributed by atoms with van der Waals surface area (Å²) in [6.07, 6.45) is 1.54. The van der Waals surface area contributed by atoms with Gasteiger partial charge in [0, 0.05) is 10.6 Å². The fraction of sp³-hybridized carbons (Fsp3) is 0.286. The maximum atomic E-state index is 12.7. The summed E-state index contributed by atoms with van der Waals surface area (Å²) in [4.78, 5) is 39.1. The molecular weight excluding hydrogens is 408 g/mol. The minimum Gasteiger partial charge on any atom is -0.477 e. The molecule has 2 atom stereocenters. The molecule has 0 spiro atoms. The molecule has 3 heterocycles. The van der Waals surface area contributed by atoms with Gasteiger partial charge in [-0.3, -0.25) is 14.5 Å². The second kappa shape index (κ2) is 8.42. The Bertz CT molecular complexity index is 956. The molecule has 2 aliphatic heterocycles. The molecule has 0 aliphatic carbocycles. The lowest BCUT2D eigenvalue weighted by Crippen LogP contribution is -2.70. The van der Waals surface area contributed by atoms with Gasteiger partial charge in [0.1, 0.15) is 17.1 Å². The first kappa shape index (κ1) is 19.7. The van der Waals surface area contributed by atoms with E-state index in [1.807, 2.05) is 47.8 Å². The average Bonchev–Trinajstić information content (AvgIpc) is 3.23. The Morgan fingerprint density at radius 1 is 1.14 bits per heavy atom. The molecule has 1 fully saturated rings. The SMILES string of the molecule is O=C(Cc1cccs1)NC1C(=O)N2C(C(=O)O)=C(CCc3ccccc3)CS[C@H]12. The minimum atomic E-state index is -1.09. The monoisotopic (exact) mass is 428 g/mol. The van der Waals surface area contributed by atoms with Crippen LogP contribution in [0.3, 0.4) is 0 Å². The van der Waals surface area contributed by atoms with E-state index in [1.165, 1.54) is 28.0 Å². The molecule has 29 heavy (non-hydrogen) atoms. The van der Waals surface area contributed by atoms with Crippen LogP contribution >= 0.6 is 23.1 Å². The van der Waals surface area contributed by atoms with E-state index in [9.17, 15) is 19.5 Å². The van der Waals surface area contributed by atoms with Gasteiger partial charge in [0.2, 0.25) is 5.91 Å². The number of amides is 2. The van der Waals surface area contributed by atoms with Crippen LogP contribution in [0, 0.1) is 0 Å². The maximum absolute atomic E-state index is 12.7. The molecule has 2 aliphatic rings. The molecule has 2 aromatic rings. The molecule has 2 N–H and O–H groups in total. The van der Waals surface area contributed by atoms with E-state index in [0.29, 0.717) is 12.2 Å². The highest BCUT2D eigenvalue weighted by atomic mass is 32.2. The minimum absolute atomic E-state index is 0.0819. The number of thiophene rings is 1. The molecule has 4 rings (SSSR count). The number of β-lactam (4-membered cyclic amide) rings is 1. The number of carboxylic acids is 1. The first-order valence-electron chi connectivity index (χ1n) is 9.30. The van der Waals surface area contributed by atoms with Crippen molar-refractivity contribution in [2.45, 2.75) is 30.7 Å². The normalized spacial score (nSPS) is 20.8. The number of hydrogen-bond acceptors (Lipinski definition) is 5. The van der Waals surface area contributed by atoms with Crippen LogP contribution in [0.1, 0.15) is 16.9 Å². The third kappa shape index (κ3) is 4.09. The fourth-order valence-electron chi connectivity index (χ4n) is 3.61. The van der Waals surface area contributed by atoms with Crippen molar-refractivity contribution in [3.63, 3.8) is 0 Å². The Morgan fingerprint density at radius 2 is 1.93 bits per heavy atom.